The first-order valence-corrected chi connectivity index (χ1v) is 13.6. The van der Waals surface area contributed by atoms with Crippen molar-refractivity contribution in [1.82, 2.24) is 4.98 Å². The zero-order chi connectivity index (χ0) is 32.0. The first kappa shape index (κ1) is 31.9. The van der Waals surface area contributed by atoms with Crippen LogP contribution in [-0.2, 0) is 49.3 Å². The Kier molecular flexibility index (Phi) is 10.1. The van der Waals surface area contributed by atoms with E-state index in [4.69, 9.17) is 28.4 Å². The van der Waals surface area contributed by atoms with E-state index in [1.807, 2.05) is 24.3 Å². The molecule has 4 rings (SSSR count). The minimum absolute atomic E-state index is 0.00820. The average molecular weight is 610 g/mol. The number of ketones is 1. The monoisotopic (exact) mass is 609 g/mol. The van der Waals surface area contributed by atoms with Crippen molar-refractivity contribution in [1.29, 1.82) is 0 Å². The van der Waals surface area contributed by atoms with Gasteiger partial charge in [0.25, 0.3) is 0 Å². The van der Waals surface area contributed by atoms with E-state index in [1.165, 1.54) is 12.1 Å². The highest BCUT2D eigenvalue weighted by atomic mass is 16.7. The standard InChI is InChI=1S/C31H31NO12/c1-16(33)39-15-27-28(40-17(2)34)29(41-18(3)35)30(42-19(4)36)31(44-27)43-23-9-10-24(26(38)13-23)25(37)12-22-11-20-7-5-6-8-21(20)14-32-22/h5-11,13-14,27-31,38H,12,15H2,1-4H3/t27-,28+,29+,30+,31-/m1/s1. The van der Waals surface area contributed by atoms with Crippen molar-refractivity contribution in [2.24, 2.45) is 0 Å². The summed E-state index contributed by atoms with van der Waals surface area (Å²) in [4.78, 5) is 64.8. The highest BCUT2D eigenvalue weighted by Crippen LogP contribution is 2.33. The number of rotatable bonds is 10. The Balaban J connectivity index is 1.59. The summed E-state index contributed by atoms with van der Waals surface area (Å²) in [5.41, 5.74) is 0.528. The second-order valence-electron chi connectivity index (χ2n) is 9.99. The Morgan fingerprint density at radius 1 is 0.795 bits per heavy atom. The summed E-state index contributed by atoms with van der Waals surface area (Å²) in [6, 6.07) is 13.3. The number of ether oxygens (including phenoxy) is 6. The summed E-state index contributed by atoms with van der Waals surface area (Å²) in [5.74, 6) is -3.84. The number of hydrogen-bond donors (Lipinski definition) is 1. The lowest BCUT2D eigenvalue weighted by molar-refractivity contribution is -0.288. The van der Waals surface area contributed by atoms with Gasteiger partial charge in [0, 0.05) is 51.0 Å². The molecule has 0 saturated carbocycles. The van der Waals surface area contributed by atoms with Crippen molar-refractivity contribution in [2.75, 3.05) is 6.61 Å². The van der Waals surface area contributed by atoms with Gasteiger partial charge in [-0.3, -0.25) is 29.0 Å². The summed E-state index contributed by atoms with van der Waals surface area (Å²) < 4.78 is 33.0. The van der Waals surface area contributed by atoms with Gasteiger partial charge in [-0.2, -0.15) is 0 Å². The molecule has 2 aromatic carbocycles. The van der Waals surface area contributed by atoms with Crippen molar-refractivity contribution in [2.45, 2.75) is 64.8 Å². The second kappa shape index (κ2) is 14.0. The van der Waals surface area contributed by atoms with Crippen LogP contribution in [-0.4, -0.2) is 77.1 Å². The van der Waals surface area contributed by atoms with Gasteiger partial charge in [-0.15, -0.1) is 0 Å². The number of nitrogens with zero attached hydrogens (tertiary/aromatic N) is 1. The lowest BCUT2D eigenvalue weighted by atomic mass is 9.98. The maximum absolute atomic E-state index is 13.0. The van der Waals surface area contributed by atoms with Crippen LogP contribution in [0, 0.1) is 0 Å². The Morgan fingerprint density at radius 2 is 1.43 bits per heavy atom. The molecule has 0 bridgehead atoms. The maximum atomic E-state index is 13.0. The van der Waals surface area contributed by atoms with E-state index in [0.717, 1.165) is 44.5 Å². The number of aromatic nitrogens is 1. The predicted octanol–water partition coefficient (Wildman–Crippen LogP) is 2.83. The van der Waals surface area contributed by atoms with Gasteiger partial charge in [-0.25, -0.2) is 0 Å². The van der Waals surface area contributed by atoms with Crippen LogP contribution in [0.25, 0.3) is 10.8 Å². The first-order valence-electron chi connectivity index (χ1n) is 13.6. The maximum Gasteiger partial charge on any atom is 0.303 e. The van der Waals surface area contributed by atoms with Crippen molar-refractivity contribution in [3.63, 3.8) is 0 Å². The van der Waals surface area contributed by atoms with Gasteiger partial charge in [0.05, 0.1) is 12.0 Å². The highest BCUT2D eigenvalue weighted by Gasteiger charge is 2.53. The van der Waals surface area contributed by atoms with Crippen LogP contribution in [0.1, 0.15) is 43.7 Å². The van der Waals surface area contributed by atoms with Crippen LogP contribution < -0.4 is 4.74 Å². The molecule has 1 aliphatic rings. The van der Waals surface area contributed by atoms with Gasteiger partial charge >= 0.3 is 23.9 Å². The zero-order valence-electron chi connectivity index (χ0n) is 24.4. The zero-order valence-corrected chi connectivity index (χ0v) is 24.4. The summed E-state index contributed by atoms with van der Waals surface area (Å²) in [6.45, 7) is 4.04. The summed E-state index contributed by atoms with van der Waals surface area (Å²) in [7, 11) is 0. The van der Waals surface area contributed by atoms with Crippen LogP contribution in [0.2, 0.25) is 0 Å². The molecule has 0 unspecified atom stereocenters. The van der Waals surface area contributed by atoms with Crippen LogP contribution in [0.5, 0.6) is 11.5 Å². The van der Waals surface area contributed by atoms with Gasteiger partial charge in [0.1, 0.15) is 24.2 Å². The molecule has 0 aliphatic carbocycles. The Bertz CT molecular complexity index is 1570. The van der Waals surface area contributed by atoms with E-state index >= 15 is 0 Å². The molecule has 232 valence electrons. The van der Waals surface area contributed by atoms with Gasteiger partial charge in [0.15, 0.2) is 18.0 Å². The molecule has 2 heterocycles. The Labute approximate surface area is 252 Å². The normalized spacial score (nSPS) is 21.1. The van der Waals surface area contributed by atoms with Gasteiger partial charge in [0.2, 0.25) is 12.4 Å². The molecule has 5 atom stereocenters. The Morgan fingerprint density at radius 3 is 2.07 bits per heavy atom. The van der Waals surface area contributed by atoms with E-state index in [-0.39, 0.29) is 17.7 Å². The lowest BCUT2D eigenvalue weighted by Crippen LogP contribution is -2.63. The van der Waals surface area contributed by atoms with E-state index in [9.17, 15) is 29.1 Å². The smallest absolute Gasteiger partial charge is 0.303 e. The quantitative estimate of drug-likeness (QED) is 0.202. The molecule has 13 heteroatoms. The lowest BCUT2D eigenvalue weighted by Gasteiger charge is -2.43. The SMILES string of the molecule is CC(=O)OC[C@H]1O[C@@H](Oc2ccc(C(=O)Cc3cc4ccccc4cn3)c(O)c2)[C@@H](OC(C)=O)[C@@H](OC(C)=O)[C@H]1OC(C)=O. The molecule has 0 amide bonds. The molecular formula is C31H31NO12. The third-order valence-electron chi connectivity index (χ3n) is 6.50. The molecule has 1 fully saturated rings. The molecule has 13 nitrogen and oxygen atoms in total. The van der Waals surface area contributed by atoms with Gasteiger partial charge in [-0.1, -0.05) is 24.3 Å². The van der Waals surface area contributed by atoms with Crippen LogP contribution >= 0.6 is 0 Å². The number of fused-ring (bicyclic) bond motifs is 1. The number of aromatic hydroxyl groups is 1. The molecule has 0 radical (unpaired) electrons. The fourth-order valence-corrected chi connectivity index (χ4v) is 4.72. The van der Waals surface area contributed by atoms with Gasteiger partial charge < -0.3 is 33.5 Å². The molecule has 1 aromatic heterocycles. The van der Waals surface area contributed by atoms with Crippen LogP contribution in [0.3, 0.4) is 0 Å². The largest absolute Gasteiger partial charge is 0.507 e. The van der Waals surface area contributed by atoms with Crippen molar-refractivity contribution >= 4 is 40.4 Å². The number of pyridine rings is 1. The number of carbonyl (C=O) groups excluding carboxylic acids is 5. The molecule has 3 aromatic rings. The number of benzene rings is 2. The topological polar surface area (TPSA) is 174 Å². The highest BCUT2D eigenvalue weighted by molar-refractivity contribution is 6.00. The van der Waals surface area contributed by atoms with E-state index in [1.54, 1.807) is 12.3 Å². The molecule has 1 saturated heterocycles. The summed E-state index contributed by atoms with van der Waals surface area (Å²) >= 11 is 0. The molecular weight excluding hydrogens is 578 g/mol. The van der Waals surface area contributed by atoms with Crippen LogP contribution in [0.15, 0.2) is 54.7 Å². The van der Waals surface area contributed by atoms with E-state index < -0.39 is 72.7 Å². The predicted molar refractivity (Wildman–Crippen MR) is 150 cm³/mol. The van der Waals surface area contributed by atoms with E-state index in [0.29, 0.717) is 5.69 Å². The van der Waals surface area contributed by atoms with Crippen molar-refractivity contribution in [3.8, 4) is 11.5 Å². The fourth-order valence-electron chi connectivity index (χ4n) is 4.72. The number of esters is 4. The minimum Gasteiger partial charge on any atom is -0.507 e. The summed E-state index contributed by atoms with van der Waals surface area (Å²) in [5, 5.41) is 12.6. The second-order valence-corrected chi connectivity index (χ2v) is 9.99. The molecule has 1 N–H and O–H groups in total. The molecule has 44 heavy (non-hydrogen) atoms. The van der Waals surface area contributed by atoms with Gasteiger partial charge in [-0.05, 0) is 23.6 Å². The fraction of sp³-hybridized carbons (Fsp3) is 0.355. The van der Waals surface area contributed by atoms with E-state index in [2.05, 4.69) is 4.98 Å². The number of phenols is 1. The Hall–Kier alpha value is -5.04. The number of carbonyl (C=O) groups is 5. The molecule has 0 spiro atoms. The van der Waals surface area contributed by atoms with Crippen LogP contribution in [0.4, 0.5) is 0 Å². The number of hydrogen-bond acceptors (Lipinski definition) is 13. The average Bonchev–Trinajstić information content (AvgIpc) is 2.94. The van der Waals surface area contributed by atoms with Crippen molar-refractivity contribution in [3.05, 3.63) is 66.0 Å². The summed E-state index contributed by atoms with van der Waals surface area (Å²) in [6.07, 6.45) is -5.36. The third-order valence-corrected chi connectivity index (χ3v) is 6.50. The number of Topliss-reactive ketones (excluding diaryl/α,β-unsaturated/α-hetero) is 1. The third kappa shape index (κ3) is 8.07. The molecule has 1 aliphatic heterocycles. The number of phenolic OH excluding ortho intramolecular Hbond substituents is 1. The minimum atomic E-state index is -1.50. The first-order chi connectivity index (χ1) is 20.9. The van der Waals surface area contributed by atoms with Crippen molar-refractivity contribution < 1.29 is 57.5 Å².